The second kappa shape index (κ2) is 5.79. The Labute approximate surface area is 124 Å². The summed E-state index contributed by atoms with van der Waals surface area (Å²) in [6, 6.07) is 4.38. The first-order chi connectivity index (χ1) is 9.81. The zero-order valence-corrected chi connectivity index (χ0v) is 12.7. The third kappa shape index (κ3) is 3.03. The molecule has 0 saturated carbocycles. The van der Waals surface area contributed by atoms with Gasteiger partial charge >= 0.3 is 6.03 Å². The van der Waals surface area contributed by atoms with Gasteiger partial charge < -0.3 is 10.2 Å². The van der Waals surface area contributed by atoms with Crippen LogP contribution in [0, 0.1) is 0 Å². The van der Waals surface area contributed by atoms with Crippen molar-refractivity contribution >= 4 is 6.03 Å². The number of aromatic hydroxyl groups is 2. The van der Waals surface area contributed by atoms with Crippen molar-refractivity contribution < 1.29 is 15.0 Å². The van der Waals surface area contributed by atoms with Crippen molar-refractivity contribution in [3.8, 4) is 11.5 Å². The molecule has 0 radical (unpaired) electrons. The molecule has 0 aromatic heterocycles. The van der Waals surface area contributed by atoms with E-state index in [4.69, 9.17) is 0 Å². The zero-order valence-electron chi connectivity index (χ0n) is 12.7. The normalized spacial score (nSPS) is 17.1. The standard InChI is InChI=1S/C14H22N4O3/c1-8(2)17-14(21)18(9(3)4)16-13(15-17)10-5-6-11(19)12(20)7-10/h5-9,13,15-16,19-20H,1-4H3. The van der Waals surface area contributed by atoms with E-state index in [0.717, 1.165) is 0 Å². The molecule has 1 aromatic carbocycles. The maximum atomic E-state index is 12.3. The van der Waals surface area contributed by atoms with E-state index >= 15 is 0 Å². The van der Waals surface area contributed by atoms with Gasteiger partial charge in [0.2, 0.25) is 0 Å². The van der Waals surface area contributed by atoms with Gasteiger partial charge in [-0.3, -0.25) is 10.0 Å². The summed E-state index contributed by atoms with van der Waals surface area (Å²) >= 11 is 0. The van der Waals surface area contributed by atoms with Gasteiger partial charge in [0.05, 0.1) is 0 Å². The molecule has 1 saturated heterocycles. The summed E-state index contributed by atoms with van der Waals surface area (Å²) in [5.41, 5.74) is 6.89. The van der Waals surface area contributed by atoms with Crippen LogP contribution in [0.2, 0.25) is 0 Å². The number of benzene rings is 1. The Morgan fingerprint density at radius 2 is 1.52 bits per heavy atom. The van der Waals surface area contributed by atoms with Gasteiger partial charge in [-0.15, -0.1) is 0 Å². The number of carbonyl (C=O) groups excluding carboxylic acids is 1. The fourth-order valence-electron chi connectivity index (χ4n) is 2.14. The van der Waals surface area contributed by atoms with E-state index in [2.05, 4.69) is 10.9 Å². The molecular weight excluding hydrogens is 272 g/mol. The third-order valence-electron chi connectivity index (χ3n) is 3.31. The van der Waals surface area contributed by atoms with Crippen LogP contribution in [0.15, 0.2) is 18.2 Å². The summed E-state index contributed by atoms with van der Waals surface area (Å²) in [5, 5.41) is 22.1. The number of rotatable bonds is 3. The number of hydrogen-bond acceptors (Lipinski definition) is 5. The first-order valence-electron chi connectivity index (χ1n) is 6.98. The maximum absolute atomic E-state index is 12.3. The second-order valence-corrected chi connectivity index (χ2v) is 5.65. The van der Waals surface area contributed by atoms with Crippen LogP contribution in [0.25, 0.3) is 0 Å². The lowest BCUT2D eigenvalue weighted by Gasteiger charge is -2.44. The largest absolute Gasteiger partial charge is 0.504 e. The summed E-state index contributed by atoms with van der Waals surface area (Å²) in [7, 11) is 0. The summed E-state index contributed by atoms with van der Waals surface area (Å²) in [5.74, 6) is -0.368. The molecule has 0 unspecified atom stereocenters. The first-order valence-corrected chi connectivity index (χ1v) is 6.98. The fraction of sp³-hybridized carbons (Fsp3) is 0.500. The number of amides is 2. The minimum atomic E-state index is -0.376. The molecule has 1 fully saturated rings. The highest BCUT2D eigenvalue weighted by Crippen LogP contribution is 2.28. The molecule has 1 aliphatic heterocycles. The highest BCUT2D eigenvalue weighted by molar-refractivity contribution is 5.74. The molecule has 7 heteroatoms. The molecule has 4 N–H and O–H groups in total. The minimum absolute atomic E-state index is 0.0194. The van der Waals surface area contributed by atoms with Crippen molar-refractivity contribution in [2.45, 2.75) is 45.9 Å². The van der Waals surface area contributed by atoms with E-state index in [1.165, 1.54) is 12.1 Å². The Morgan fingerprint density at radius 1 is 1.00 bits per heavy atom. The van der Waals surface area contributed by atoms with Crippen LogP contribution in [-0.4, -0.2) is 38.3 Å². The average Bonchev–Trinajstić information content (AvgIpc) is 2.41. The van der Waals surface area contributed by atoms with E-state index in [1.54, 1.807) is 16.1 Å². The molecular formula is C14H22N4O3. The molecule has 7 nitrogen and oxygen atoms in total. The fourth-order valence-corrected chi connectivity index (χ4v) is 2.14. The number of hydrazine groups is 2. The summed E-state index contributed by atoms with van der Waals surface area (Å²) in [4.78, 5) is 12.3. The van der Waals surface area contributed by atoms with Crippen molar-refractivity contribution in [2.24, 2.45) is 0 Å². The molecule has 1 aliphatic rings. The molecule has 1 aromatic rings. The molecule has 1 heterocycles. The maximum Gasteiger partial charge on any atom is 0.349 e. The predicted octanol–water partition coefficient (Wildman–Crippen LogP) is 1.66. The van der Waals surface area contributed by atoms with Gasteiger partial charge in [0.25, 0.3) is 0 Å². The number of hydrogen-bond donors (Lipinski definition) is 4. The highest BCUT2D eigenvalue weighted by Gasteiger charge is 2.34. The van der Waals surface area contributed by atoms with Crippen LogP contribution in [0.3, 0.4) is 0 Å². The Bertz CT molecular complexity index is 513. The topological polar surface area (TPSA) is 88.1 Å². The van der Waals surface area contributed by atoms with Gasteiger partial charge in [-0.25, -0.2) is 15.6 Å². The van der Waals surface area contributed by atoms with E-state index < -0.39 is 0 Å². The Balaban J connectivity index is 2.30. The van der Waals surface area contributed by atoms with Crippen molar-refractivity contribution in [2.75, 3.05) is 0 Å². The third-order valence-corrected chi connectivity index (χ3v) is 3.31. The van der Waals surface area contributed by atoms with E-state index in [0.29, 0.717) is 5.56 Å². The summed E-state index contributed by atoms with van der Waals surface area (Å²) in [6.45, 7) is 7.67. The van der Waals surface area contributed by atoms with Crippen molar-refractivity contribution in [1.82, 2.24) is 20.9 Å². The molecule has 2 rings (SSSR count). The monoisotopic (exact) mass is 294 g/mol. The Morgan fingerprint density at radius 3 is 1.95 bits per heavy atom. The number of urea groups is 1. The van der Waals surface area contributed by atoms with E-state index in [9.17, 15) is 15.0 Å². The van der Waals surface area contributed by atoms with Gasteiger partial charge in [0.15, 0.2) is 11.5 Å². The number of carbonyl (C=O) groups is 1. The molecule has 21 heavy (non-hydrogen) atoms. The Kier molecular flexibility index (Phi) is 4.24. The lowest BCUT2D eigenvalue weighted by molar-refractivity contribution is 0.00375. The lowest BCUT2D eigenvalue weighted by Crippen LogP contribution is -2.67. The van der Waals surface area contributed by atoms with Crippen LogP contribution in [0.1, 0.15) is 39.4 Å². The molecule has 0 spiro atoms. The van der Waals surface area contributed by atoms with Crippen LogP contribution in [-0.2, 0) is 0 Å². The van der Waals surface area contributed by atoms with Crippen molar-refractivity contribution in [3.63, 3.8) is 0 Å². The van der Waals surface area contributed by atoms with E-state index in [-0.39, 0.29) is 35.8 Å². The smallest absolute Gasteiger partial charge is 0.349 e. The minimum Gasteiger partial charge on any atom is -0.504 e. The predicted molar refractivity (Wildman–Crippen MR) is 78.1 cm³/mol. The SMILES string of the molecule is CC(C)N1NC(c2ccc(O)c(O)c2)NN(C(C)C)C1=O. The number of phenols is 2. The van der Waals surface area contributed by atoms with Gasteiger partial charge in [0.1, 0.15) is 6.17 Å². The zero-order chi connectivity index (χ0) is 15.7. The second-order valence-electron chi connectivity index (χ2n) is 5.65. The average molecular weight is 294 g/mol. The quantitative estimate of drug-likeness (QED) is 0.637. The molecule has 0 atom stereocenters. The van der Waals surface area contributed by atoms with Crippen LogP contribution in [0.4, 0.5) is 4.79 Å². The van der Waals surface area contributed by atoms with Gasteiger partial charge in [-0.2, -0.15) is 0 Å². The molecule has 2 amide bonds. The van der Waals surface area contributed by atoms with E-state index in [1.807, 2.05) is 27.7 Å². The highest BCUT2D eigenvalue weighted by atomic mass is 16.3. The van der Waals surface area contributed by atoms with Gasteiger partial charge in [-0.05, 0) is 45.4 Å². The summed E-state index contributed by atoms with van der Waals surface area (Å²) in [6.07, 6.45) is -0.376. The Hall–Kier alpha value is -1.99. The molecule has 116 valence electrons. The van der Waals surface area contributed by atoms with Gasteiger partial charge in [-0.1, -0.05) is 6.07 Å². The first kappa shape index (κ1) is 15.4. The lowest BCUT2D eigenvalue weighted by atomic mass is 10.1. The van der Waals surface area contributed by atoms with Gasteiger partial charge in [0, 0.05) is 12.1 Å². The van der Waals surface area contributed by atoms with Crippen LogP contribution in [0.5, 0.6) is 11.5 Å². The number of phenolic OH excluding ortho intramolecular Hbond substituents is 2. The molecule has 0 bridgehead atoms. The van der Waals surface area contributed by atoms with Crippen molar-refractivity contribution in [3.05, 3.63) is 23.8 Å². The van der Waals surface area contributed by atoms with Crippen molar-refractivity contribution in [1.29, 1.82) is 0 Å². The number of nitrogens with one attached hydrogen (secondary N) is 2. The molecule has 0 aliphatic carbocycles. The number of nitrogens with zero attached hydrogens (tertiary/aromatic N) is 2. The van der Waals surface area contributed by atoms with Crippen LogP contribution >= 0.6 is 0 Å². The summed E-state index contributed by atoms with van der Waals surface area (Å²) < 4.78 is 0. The van der Waals surface area contributed by atoms with Crippen LogP contribution < -0.4 is 10.9 Å².